The maximum absolute atomic E-state index is 9.23. The Morgan fingerprint density at radius 2 is 0.667 bits per heavy atom. The molecule has 2 rings (SSSR count). The molecule has 0 unspecified atom stereocenters. The predicted molar refractivity (Wildman–Crippen MR) is 120 cm³/mol. The Balaban J connectivity index is 1.44. The van der Waals surface area contributed by atoms with Crippen LogP contribution >= 0.6 is 0 Å². The summed E-state index contributed by atoms with van der Waals surface area (Å²) >= 11 is 0. The fourth-order valence-electron chi connectivity index (χ4n) is 2.97. The van der Waals surface area contributed by atoms with E-state index in [2.05, 4.69) is 0 Å². The third-order valence-corrected chi connectivity index (χ3v) is 4.52. The minimum atomic E-state index is -0.112. The first-order chi connectivity index (χ1) is 16.2. The van der Waals surface area contributed by atoms with Gasteiger partial charge in [0.15, 0.2) is 0 Å². The molecule has 0 aliphatic heterocycles. The van der Waals surface area contributed by atoms with E-state index < -0.39 is 0 Å². The molecule has 9 heteroatoms. The van der Waals surface area contributed by atoms with Crippen LogP contribution in [0.15, 0.2) is 36.4 Å². The van der Waals surface area contributed by atoms with E-state index in [1.165, 1.54) is 0 Å². The van der Waals surface area contributed by atoms with E-state index in [0.29, 0.717) is 86.6 Å². The quantitative estimate of drug-likeness (QED) is 0.239. The molecule has 0 radical (unpaired) electrons. The van der Waals surface area contributed by atoms with Crippen LogP contribution in [-0.2, 0) is 40.6 Å². The second kappa shape index (κ2) is 16.4. The molecule has 0 heterocycles. The summed E-state index contributed by atoms with van der Waals surface area (Å²) in [5, 5.41) is 36.9. The zero-order valence-electron chi connectivity index (χ0n) is 18.8. The summed E-state index contributed by atoms with van der Waals surface area (Å²) in [6.45, 7) is 2.77. The van der Waals surface area contributed by atoms with Crippen LogP contribution in [0.25, 0.3) is 0 Å². The summed E-state index contributed by atoms with van der Waals surface area (Å²) in [7, 11) is 0. The maximum Gasteiger partial charge on any atom is 0.120 e. The van der Waals surface area contributed by atoms with Crippen LogP contribution in [0.4, 0.5) is 0 Å². The highest BCUT2D eigenvalue weighted by Gasteiger charge is 2.03. The van der Waals surface area contributed by atoms with Crippen LogP contribution in [0, 0.1) is 0 Å². The lowest BCUT2D eigenvalue weighted by Crippen LogP contribution is -2.14. The first kappa shape index (κ1) is 27.0. The van der Waals surface area contributed by atoms with Gasteiger partial charge in [-0.15, -0.1) is 0 Å². The Hall–Kier alpha value is -2.24. The number of hydrogen-bond donors (Lipinski definition) is 4. The van der Waals surface area contributed by atoms with Gasteiger partial charge >= 0.3 is 0 Å². The lowest BCUT2D eigenvalue weighted by molar-refractivity contribution is 0.00496. The van der Waals surface area contributed by atoms with Crippen molar-refractivity contribution in [2.75, 3.05) is 52.9 Å². The molecule has 0 spiro atoms. The third kappa shape index (κ3) is 11.0. The number of hydrogen-bond acceptors (Lipinski definition) is 9. The van der Waals surface area contributed by atoms with E-state index in [9.17, 15) is 20.4 Å². The second-order valence-corrected chi connectivity index (χ2v) is 7.14. The van der Waals surface area contributed by atoms with Gasteiger partial charge in [-0.2, -0.15) is 0 Å². The Kier molecular flexibility index (Phi) is 13.4. The van der Waals surface area contributed by atoms with Crippen molar-refractivity contribution in [3.8, 4) is 11.5 Å². The molecule has 0 aromatic heterocycles. The summed E-state index contributed by atoms with van der Waals surface area (Å²) < 4.78 is 27.5. The van der Waals surface area contributed by atoms with Crippen molar-refractivity contribution >= 4 is 0 Å². The van der Waals surface area contributed by atoms with E-state index in [4.69, 9.17) is 23.7 Å². The summed E-state index contributed by atoms with van der Waals surface area (Å²) in [6, 6.07) is 10.4. The van der Waals surface area contributed by atoms with Crippen LogP contribution in [-0.4, -0.2) is 73.3 Å². The molecule has 0 saturated heterocycles. The van der Waals surface area contributed by atoms with Crippen LogP contribution in [0.3, 0.4) is 0 Å². The molecule has 0 atom stereocenters. The Morgan fingerprint density at radius 1 is 0.394 bits per heavy atom. The Labute approximate surface area is 194 Å². The molecule has 33 heavy (non-hydrogen) atoms. The minimum absolute atomic E-state index is 0.112. The molecule has 0 saturated carbocycles. The van der Waals surface area contributed by atoms with Gasteiger partial charge in [-0.05, 0) is 46.5 Å². The minimum Gasteiger partial charge on any atom is -0.491 e. The molecule has 2 aromatic rings. The number of benzene rings is 2. The fraction of sp³-hybridized carbons (Fsp3) is 0.500. The van der Waals surface area contributed by atoms with Crippen LogP contribution in [0.2, 0.25) is 0 Å². The molecule has 0 aliphatic carbocycles. The zero-order chi connectivity index (χ0) is 23.7. The van der Waals surface area contributed by atoms with Crippen molar-refractivity contribution in [3.05, 3.63) is 58.7 Å². The average molecular weight is 467 g/mol. The molecule has 4 N–H and O–H groups in total. The van der Waals surface area contributed by atoms with Gasteiger partial charge < -0.3 is 44.1 Å². The molecule has 9 nitrogen and oxygen atoms in total. The van der Waals surface area contributed by atoms with Gasteiger partial charge in [-0.3, -0.25) is 0 Å². The summed E-state index contributed by atoms with van der Waals surface area (Å²) in [4.78, 5) is 0. The molecular formula is C24H34O9. The van der Waals surface area contributed by atoms with Gasteiger partial charge in [0, 0.05) is 0 Å². The van der Waals surface area contributed by atoms with Gasteiger partial charge in [0.05, 0.1) is 66.1 Å². The fourth-order valence-corrected chi connectivity index (χ4v) is 2.97. The largest absolute Gasteiger partial charge is 0.491 e. The van der Waals surface area contributed by atoms with Gasteiger partial charge in [0.2, 0.25) is 0 Å². The molecule has 184 valence electrons. The second-order valence-electron chi connectivity index (χ2n) is 7.14. The standard InChI is InChI=1S/C24H34O9/c25-15-19-9-20(16-26)12-23(11-19)32-7-5-30-3-1-29-2-4-31-6-8-33-24-13-21(17-27)10-22(14-24)18-28/h9-14,25-28H,1-8,15-18H2. The monoisotopic (exact) mass is 466 g/mol. The molecule has 0 aliphatic rings. The Morgan fingerprint density at radius 3 is 0.939 bits per heavy atom. The van der Waals surface area contributed by atoms with Crippen molar-refractivity contribution in [1.29, 1.82) is 0 Å². The van der Waals surface area contributed by atoms with E-state index in [0.717, 1.165) is 0 Å². The topological polar surface area (TPSA) is 127 Å². The summed E-state index contributed by atoms with van der Waals surface area (Å²) in [5.41, 5.74) is 2.75. The van der Waals surface area contributed by atoms with Crippen molar-refractivity contribution < 1.29 is 44.1 Å². The van der Waals surface area contributed by atoms with E-state index >= 15 is 0 Å². The highest BCUT2D eigenvalue weighted by atomic mass is 16.6. The van der Waals surface area contributed by atoms with Crippen LogP contribution in [0.1, 0.15) is 22.3 Å². The zero-order valence-corrected chi connectivity index (χ0v) is 18.8. The van der Waals surface area contributed by atoms with Gasteiger partial charge in [-0.25, -0.2) is 0 Å². The normalized spacial score (nSPS) is 11.0. The van der Waals surface area contributed by atoms with Gasteiger partial charge in [-0.1, -0.05) is 12.1 Å². The SMILES string of the molecule is OCc1cc(CO)cc(OCCOCCOCCOCCOc2cc(CO)cc(CO)c2)c1. The van der Waals surface area contributed by atoms with Crippen molar-refractivity contribution in [3.63, 3.8) is 0 Å². The lowest BCUT2D eigenvalue weighted by atomic mass is 10.1. The number of aliphatic hydroxyl groups excluding tert-OH is 4. The highest BCUT2D eigenvalue weighted by molar-refractivity contribution is 5.34. The molecule has 0 fully saturated rings. The molecule has 0 amide bonds. The first-order valence-corrected chi connectivity index (χ1v) is 10.9. The first-order valence-electron chi connectivity index (χ1n) is 10.9. The maximum atomic E-state index is 9.23. The lowest BCUT2D eigenvalue weighted by Gasteiger charge is -2.11. The Bertz CT molecular complexity index is 687. The van der Waals surface area contributed by atoms with Crippen LogP contribution < -0.4 is 9.47 Å². The smallest absolute Gasteiger partial charge is 0.120 e. The van der Waals surface area contributed by atoms with E-state index in [1.807, 2.05) is 0 Å². The van der Waals surface area contributed by atoms with Gasteiger partial charge in [0.25, 0.3) is 0 Å². The summed E-state index contributed by atoms with van der Waals surface area (Å²) in [5.74, 6) is 1.17. The molecule has 0 bridgehead atoms. The average Bonchev–Trinajstić information content (AvgIpc) is 2.86. The van der Waals surface area contributed by atoms with E-state index in [1.54, 1.807) is 36.4 Å². The van der Waals surface area contributed by atoms with E-state index in [-0.39, 0.29) is 26.4 Å². The van der Waals surface area contributed by atoms with Crippen molar-refractivity contribution in [1.82, 2.24) is 0 Å². The number of rotatable bonds is 18. The van der Waals surface area contributed by atoms with Gasteiger partial charge in [0.1, 0.15) is 24.7 Å². The number of ether oxygens (including phenoxy) is 5. The van der Waals surface area contributed by atoms with Crippen molar-refractivity contribution in [2.24, 2.45) is 0 Å². The summed E-state index contributed by atoms with van der Waals surface area (Å²) in [6.07, 6.45) is 0. The third-order valence-electron chi connectivity index (χ3n) is 4.52. The predicted octanol–water partition coefficient (Wildman–Crippen LogP) is 1.16. The molecule has 2 aromatic carbocycles. The molecular weight excluding hydrogens is 432 g/mol. The van der Waals surface area contributed by atoms with Crippen molar-refractivity contribution in [2.45, 2.75) is 26.4 Å². The highest BCUT2D eigenvalue weighted by Crippen LogP contribution is 2.18. The number of aliphatic hydroxyl groups is 4. The van der Waals surface area contributed by atoms with Crippen LogP contribution in [0.5, 0.6) is 11.5 Å².